The van der Waals surface area contributed by atoms with Crippen LogP contribution in [0.1, 0.15) is 18.7 Å². The molecule has 1 atom stereocenters. The van der Waals surface area contributed by atoms with Crippen molar-refractivity contribution >= 4 is 34.9 Å². The molecule has 0 radical (unpaired) electrons. The average molecular weight is 477 g/mol. The van der Waals surface area contributed by atoms with Crippen LogP contribution in [0.15, 0.2) is 36.4 Å². The molecule has 0 saturated carbocycles. The van der Waals surface area contributed by atoms with Gasteiger partial charge in [-0.05, 0) is 36.4 Å². The summed E-state index contributed by atoms with van der Waals surface area (Å²) in [6.07, 6.45) is -5.08. The Morgan fingerprint density at radius 2 is 1.77 bits per heavy atom. The lowest BCUT2D eigenvalue weighted by Gasteiger charge is -2.13. The number of halogens is 6. The van der Waals surface area contributed by atoms with Gasteiger partial charge in [-0.2, -0.15) is 13.2 Å². The molecule has 0 spiro atoms. The second-order valence-corrected chi connectivity index (χ2v) is 7.46. The summed E-state index contributed by atoms with van der Waals surface area (Å²) < 4.78 is 48.0. The summed E-state index contributed by atoms with van der Waals surface area (Å²) in [5.41, 5.74) is 2.00. The van der Waals surface area contributed by atoms with E-state index in [4.69, 9.17) is 33.1 Å². The van der Waals surface area contributed by atoms with E-state index < -0.39 is 18.0 Å². The Kier molecular flexibility index (Phi) is 6.42. The van der Waals surface area contributed by atoms with E-state index in [1.165, 1.54) is 12.1 Å². The highest BCUT2D eigenvalue weighted by molar-refractivity contribution is 6.31. The van der Waals surface area contributed by atoms with E-state index in [2.05, 4.69) is 15.5 Å². The largest absolute Gasteiger partial charge is 0.490 e. The van der Waals surface area contributed by atoms with Gasteiger partial charge in [-0.15, -0.1) is 10.2 Å². The molecule has 1 aliphatic rings. The van der Waals surface area contributed by atoms with Crippen molar-refractivity contribution in [3.8, 4) is 17.1 Å². The van der Waals surface area contributed by atoms with Crippen molar-refractivity contribution in [2.75, 3.05) is 11.9 Å². The Hall–Kier alpha value is -2.85. The molecule has 4 rings (SSSR count). The van der Waals surface area contributed by atoms with Crippen molar-refractivity contribution in [3.63, 3.8) is 0 Å². The molecule has 0 aliphatic carbocycles. The lowest BCUT2D eigenvalue weighted by atomic mass is 10.1. The number of carbonyl (C=O) groups is 1. The van der Waals surface area contributed by atoms with Gasteiger partial charge in [0.1, 0.15) is 11.6 Å². The van der Waals surface area contributed by atoms with Gasteiger partial charge in [0.2, 0.25) is 0 Å². The zero-order chi connectivity index (χ0) is 22.9. The minimum Gasteiger partial charge on any atom is -0.475 e. The number of carboxylic acids is 1. The Morgan fingerprint density at radius 1 is 1.16 bits per heavy atom. The van der Waals surface area contributed by atoms with Crippen LogP contribution in [0, 0.1) is 5.82 Å². The first kappa shape index (κ1) is 22.8. The van der Waals surface area contributed by atoms with Crippen LogP contribution in [0.5, 0.6) is 0 Å². The first-order valence-electron chi connectivity index (χ1n) is 8.73. The van der Waals surface area contributed by atoms with Crippen molar-refractivity contribution in [2.45, 2.75) is 19.0 Å². The second kappa shape index (κ2) is 8.72. The standard InChI is InChI=1S/C17H13Cl2FN4.C2HF3O2/c1-9-8-21-14-5-3-11(19)7-15(14)24-16(9)22-23-17(24)12-6-10(18)2-4-13(12)20;3-2(4,5)1(6)7/h2-7,9,21H,8H2,1H3;(H,6,7). The van der Waals surface area contributed by atoms with Gasteiger partial charge in [0.25, 0.3) is 0 Å². The van der Waals surface area contributed by atoms with Crippen LogP contribution in [0.3, 0.4) is 0 Å². The molecule has 0 fully saturated rings. The van der Waals surface area contributed by atoms with Crippen molar-refractivity contribution in [1.82, 2.24) is 14.8 Å². The van der Waals surface area contributed by atoms with Crippen LogP contribution in [-0.2, 0) is 4.79 Å². The van der Waals surface area contributed by atoms with Gasteiger partial charge in [0, 0.05) is 22.5 Å². The summed E-state index contributed by atoms with van der Waals surface area (Å²) >= 11 is 12.2. The highest BCUT2D eigenvalue weighted by atomic mass is 35.5. The number of alkyl halides is 3. The van der Waals surface area contributed by atoms with Crippen molar-refractivity contribution in [1.29, 1.82) is 0 Å². The summed E-state index contributed by atoms with van der Waals surface area (Å²) in [5.74, 6) is -1.91. The highest BCUT2D eigenvalue weighted by Crippen LogP contribution is 2.36. The fraction of sp³-hybridized carbons (Fsp3) is 0.211. The van der Waals surface area contributed by atoms with E-state index >= 15 is 0 Å². The normalized spacial score (nSPS) is 15.0. The molecule has 1 unspecified atom stereocenters. The molecule has 6 nitrogen and oxygen atoms in total. The molecule has 2 N–H and O–H groups in total. The molecular formula is C19H14Cl2F4N4O2. The molecule has 1 aromatic heterocycles. The van der Waals surface area contributed by atoms with Crippen molar-refractivity contribution < 1.29 is 27.5 Å². The molecule has 164 valence electrons. The Morgan fingerprint density at radius 3 is 2.42 bits per heavy atom. The molecule has 1 aliphatic heterocycles. The van der Waals surface area contributed by atoms with Gasteiger partial charge < -0.3 is 10.4 Å². The molecule has 3 aromatic rings. The lowest BCUT2D eigenvalue weighted by molar-refractivity contribution is -0.192. The number of rotatable bonds is 1. The maximum Gasteiger partial charge on any atom is 0.490 e. The molecule has 2 aromatic carbocycles. The predicted octanol–water partition coefficient (Wildman–Crippen LogP) is 5.54. The molecule has 0 bridgehead atoms. The number of anilines is 1. The molecule has 0 saturated heterocycles. The Labute approximate surface area is 183 Å². The monoisotopic (exact) mass is 476 g/mol. The quantitative estimate of drug-likeness (QED) is 0.450. The van der Waals surface area contributed by atoms with E-state index in [0.29, 0.717) is 28.0 Å². The average Bonchev–Trinajstić information content (AvgIpc) is 3.07. The topological polar surface area (TPSA) is 80.0 Å². The lowest BCUT2D eigenvalue weighted by Crippen LogP contribution is -2.21. The van der Waals surface area contributed by atoms with Crippen LogP contribution < -0.4 is 5.32 Å². The smallest absolute Gasteiger partial charge is 0.475 e. The van der Waals surface area contributed by atoms with E-state index in [1.54, 1.807) is 6.07 Å². The van der Waals surface area contributed by atoms with E-state index in [1.807, 2.05) is 29.7 Å². The number of hydrogen-bond donors (Lipinski definition) is 2. The fourth-order valence-electron chi connectivity index (χ4n) is 2.89. The predicted molar refractivity (Wildman–Crippen MR) is 107 cm³/mol. The van der Waals surface area contributed by atoms with Crippen LogP contribution in [0.4, 0.5) is 23.2 Å². The molecular weight excluding hydrogens is 463 g/mol. The van der Waals surface area contributed by atoms with Crippen LogP contribution in [0.2, 0.25) is 10.0 Å². The van der Waals surface area contributed by atoms with Crippen molar-refractivity contribution in [3.05, 3.63) is 58.1 Å². The van der Waals surface area contributed by atoms with Crippen molar-refractivity contribution in [2.24, 2.45) is 0 Å². The minimum absolute atomic E-state index is 0.0969. The summed E-state index contributed by atoms with van der Waals surface area (Å²) in [6.45, 7) is 2.74. The molecule has 12 heteroatoms. The third kappa shape index (κ3) is 4.91. The zero-order valence-electron chi connectivity index (χ0n) is 15.7. The molecule has 0 amide bonds. The zero-order valence-corrected chi connectivity index (χ0v) is 17.2. The first-order chi connectivity index (χ1) is 14.5. The number of aromatic nitrogens is 3. The number of fused-ring (bicyclic) bond motifs is 3. The Balaban J connectivity index is 0.000000339. The van der Waals surface area contributed by atoms with Gasteiger partial charge >= 0.3 is 12.1 Å². The van der Waals surface area contributed by atoms with E-state index in [0.717, 1.165) is 17.2 Å². The SMILES string of the molecule is CC1CNc2ccc(Cl)cc2-n2c(-c3cc(Cl)ccc3F)nnc21.O=C(O)C(F)(F)F. The number of aliphatic carboxylic acids is 1. The molecule has 31 heavy (non-hydrogen) atoms. The highest BCUT2D eigenvalue weighted by Gasteiger charge is 2.38. The third-order valence-electron chi connectivity index (χ3n) is 4.34. The maximum absolute atomic E-state index is 14.4. The van der Waals surface area contributed by atoms with E-state index in [-0.39, 0.29) is 5.92 Å². The number of nitrogens with zero attached hydrogens (tertiary/aromatic N) is 3. The fourth-order valence-corrected chi connectivity index (χ4v) is 3.23. The number of nitrogens with one attached hydrogen (secondary N) is 1. The van der Waals surface area contributed by atoms with Gasteiger partial charge in [0.05, 0.1) is 16.9 Å². The van der Waals surface area contributed by atoms with Gasteiger partial charge in [0.15, 0.2) is 5.82 Å². The minimum atomic E-state index is -5.08. The van der Waals surface area contributed by atoms with Gasteiger partial charge in [-0.1, -0.05) is 30.1 Å². The number of carboxylic acid groups (broad SMARTS) is 1. The van der Waals surface area contributed by atoms with Gasteiger partial charge in [-0.3, -0.25) is 4.57 Å². The molecule has 2 heterocycles. The van der Waals surface area contributed by atoms with E-state index in [9.17, 15) is 17.6 Å². The summed E-state index contributed by atoms with van der Waals surface area (Å²) in [5, 5.41) is 20.1. The summed E-state index contributed by atoms with van der Waals surface area (Å²) in [7, 11) is 0. The van der Waals surface area contributed by atoms with Gasteiger partial charge in [-0.25, -0.2) is 9.18 Å². The maximum atomic E-state index is 14.4. The summed E-state index contributed by atoms with van der Waals surface area (Å²) in [6, 6.07) is 9.93. The second-order valence-electron chi connectivity index (χ2n) is 6.59. The van der Waals surface area contributed by atoms with Crippen LogP contribution >= 0.6 is 23.2 Å². The van der Waals surface area contributed by atoms with Crippen LogP contribution in [0.25, 0.3) is 17.1 Å². The number of hydrogen-bond acceptors (Lipinski definition) is 4. The number of benzene rings is 2. The Bertz CT molecular complexity index is 1130. The summed E-state index contributed by atoms with van der Waals surface area (Å²) in [4.78, 5) is 8.90. The first-order valence-corrected chi connectivity index (χ1v) is 9.49. The van der Waals surface area contributed by atoms with Crippen LogP contribution in [-0.4, -0.2) is 38.6 Å². The third-order valence-corrected chi connectivity index (χ3v) is 4.81.